The van der Waals surface area contributed by atoms with E-state index in [0.29, 0.717) is 0 Å². The second-order valence-corrected chi connectivity index (χ2v) is 10.6. The number of benzene rings is 3. The Labute approximate surface area is 188 Å². The number of thiophene rings is 1. The molecule has 1 nitrogen and oxygen atoms in total. The predicted octanol–water partition coefficient (Wildman–Crippen LogP) is 8.70. The Bertz CT molecular complexity index is 1410. The van der Waals surface area contributed by atoms with Gasteiger partial charge in [0.1, 0.15) is 0 Å². The number of fused-ring (bicyclic) bond motifs is 3. The molecule has 2 heteroatoms. The normalized spacial score (nSPS) is 12.0. The lowest BCUT2D eigenvalue weighted by Crippen LogP contribution is -2.11. The molecule has 5 rings (SSSR count). The molecule has 0 atom stereocenters. The van der Waals surface area contributed by atoms with Gasteiger partial charge >= 0.3 is 0 Å². The van der Waals surface area contributed by atoms with Crippen LogP contribution in [-0.4, -0.2) is 4.98 Å². The van der Waals surface area contributed by atoms with E-state index in [1.807, 2.05) is 17.5 Å². The highest BCUT2D eigenvalue weighted by Gasteiger charge is 2.18. The molecule has 31 heavy (non-hydrogen) atoms. The van der Waals surface area contributed by atoms with Crippen molar-refractivity contribution in [1.29, 1.82) is 0 Å². The highest BCUT2D eigenvalue weighted by molar-refractivity contribution is 7.26. The summed E-state index contributed by atoms with van der Waals surface area (Å²) in [5, 5.41) is 2.66. The van der Waals surface area contributed by atoms with Crippen molar-refractivity contribution in [1.82, 2.24) is 4.98 Å². The number of aryl methyl sites for hydroxylation is 2. The Kier molecular flexibility index (Phi) is 4.71. The van der Waals surface area contributed by atoms with Crippen LogP contribution in [0.3, 0.4) is 0 Å². The van der Waals surface area contributed by atoms with Gasteiger partial charge in [0.2, 0.25) is 0 Å². The van der Waals surface area contributed by atoms with Crippen LogP contribution >= 0.6 is 11.3 Å². The molecule has 0 aliphatic carbocycles. The van der Waals surface area contributed by atoms with Crippen LogP contribution in [0.4, 0.5) is 0 Å². The van der Waals surface area contributed by atoms with Crippen LogP contribution in [0.1, 0.15) is 37.5 Å². The van der Waals surface area contributed by atoms with Crippen molar-refractivity contribution in [2.45, 2.75) is 40.0 Å². The zero-order valence-corrected chi connectivity index (χ0v) is 19.6. The first-order chi connectivity index (χ1) is 14.8. The van der Waals surface area contributed by atoms with E-state index in [0.717, 1.165) is 5.69 Å². The van der Waals surface area contributed by atoms with Crippen LogP contribution in [0.25, 0.3) is 42.6 Å². The number of hydrogen-bond donors (Lipinski definition) is 0. The topological polar surface area (TPSA) is 12.9 Å². The molecule has 0 fully saturated rings. The SMILES string of the molecule is Cc1cc(C)cc(-c2cccc3sc4c(-c5cc(C(C)(C)C)ccn5)cccc4c23)c1. The molecule has 3 aromatic carbocycles. The van der Waals surface area contributed by atoms with Crippen molar-refractivity contribution in [3.05, 3.63) is 89.6 Å². The number of pyridine rings is 1. The molecule has 0 saturated heterocycles. The monoisotopic (exact) mass is 421 g/mol. The molecule has 0 bridgehead atoms. The van der Waals surface area contributed by atoms with Gasteiger partial charge in [-0.2, -0.15) is 0 Å². The zero-order chi connectivity index (χ0) is 21.8. The van der Waals surface area contributed by atoms with Gasteiger partial charge in [-0.25, -0.2) is 0 Å². The van der Waals surface area contributed by atoms with Crippen LogP contribution in [0.15, 0.2) is 72.9 Å². The Morgan fingerprint density at radius 2 is 1.48 bits per heavy atom. The van der Waals surface area contributed by atoms with Gasteiger partial charge in [0.05, 0.1) is 5.69 Å². The molecule has 0 aliphatic rings. The van der Waals surface area contributed by atoms with Crippen molar-refractivity contribution in [2.24, 2.45) is 0 Å². The molecule has 2 aromatic heterocycles. The minimum absolute atomic E-state index is 0.0992. The number of aromatic nitrogens is 1. The first kappa shape index (κ1) is 20.0. The minimum atomic E-state index is 0.0992. The van der Waals surface area contributed by atoms with E-state index in [9.17, 15) is 0 Å². The second kappa shape index (κ2) is 7.32. The van der Waals surface area contributed by atoms with E-state index in [1.54, 1.807) is 0 Å². The summed E-state index contributed by atoms with van der Waals surface area (Å²) < 4.78 is 2.64. The van der Waals surface area contributed by atoms with Crippen molar-refractivity contribution in [3.8, 4) is 22.4 Å². The molecule has 0 unspecified atom stereocenters. The summed E-state index contributed by atoms with van der Waals surface area (Å²) in [6.45, 7) is 11.1. The fraction of sp³-hybridized carbons (Fsp3) is 0.207. The number of hydrogen-bond acceptors (Lipinski definition) is 2. The summed E-state index contributed by atoms with van der Waals surface area (Å²) in [5.74, 6) is 0. The maximum absolute atomic E-state index is 4.75. The molecule has 0 radical (unpaired) electrons. The average molecular weight is 422 g/mol. The molecular formula is C29H27NS. The Morgan fingerprint density at radius 1 is 0.774 bits per heavy atom. The quantitative estimate of drug-likeness (QED) is 0.278. The molecule has 0 saturated carbocycles. The third-order valence-corrected chi connectivity index (χ3v) is 7.16. The summed E-state index contributed by atoms with van der Waals surface area (Å²) in [6.07, 6.45) is 1.95. The summed E-state index contributed by atoms with van der Waals surface area (Å²) in [4.78, 5) is 4.75. The van der Waals surface area contributed by atoms with Crippen molar-refractivity contribution in [2.75, 3.05) is 0 Å². The van der Waals surface area contributed by atoms with Gasteiger partial charge in [0.15, 0.2) is 0 Å². The molecule has 154 valence electrons. The standard InChI is InChI=1S/C29H27NS/c1-18-14-19(2)16-20(15-18)22-8-7-11-26-27(22)24-10-6-9-23(28(24)31-26)25-17-21(12-13-30-25)29(3,4)5/h6-17H,1-5H3. The Morgan fingerprint density at radius 3 is 2.23 bits per heavy atom. The van der Waals surface area contributed by atoms with Crippen LogP contribution in [-0.2, 0) is 5.41 Å². The summed E-state index contributed by atoms with van der Waals surface area (Å²) in [5.41, 5.74) is 8.89. The van der Waals surface area contributed by atoms with Crippen LogP contribution in [0.5, 0.6) is 0 Å². The van der Waals surface area contributed by atoms with E-state index in [1.165, 1.54) is 53.6 Å². The van der Waals surface area contributed by atoms with Crippen molar-refractivity contribution in [3.63, 3.8) is 0 Å². The molecule has 0 amide bonds. The summed E-state index contributed by atoms with van der Waals surface area (Å²) in [7, 11) is 0. The van der Waals surface area contributed by atoms with E-state index in [-0.39, 0.29) is 5.41 Å². The Balaban J connectivity index is 1.78. The van der Waals surface area contributed by atoms with Crippen molar-refractivity contribution < 1.29 is 0 Å². The lowest BCUT2D eigenvalue weighted by Gasteiger charge is -2.19. The van der Waals surface area contributed by atoms with Gasteiger partial charge in [-0.1, -0.05) is 80.4 Å². The van der Waals surface area contributed by atoms with E-state index in [4.69, 9.17) is 4.98 Å². The highest BCUT2D eigenvalue weighted by atomic mass is 32.1. The molecule has 2 heterocycles. The Hall–Kier alpha value is -2.97. The van der Waals surface area contributed by atoms with Gasteiger partial charge < -0.3 is 0 Å². The molecule has 0 spiro atoms. The summed E-state index contributed by atoms with van der Waals surface area (Å²) >= 11 is 1.87. The van der Waals surface area contributed by atoms with Gasteiger partial charge in [-0.15, -0.1) is 11.3 Å². The van der Waals surface area contributed by atoms with Crippen LogP contribution in [0.2, 0.25) is 0 Å². The van der Waals surface area contributed by atoms with Gasteiger partial charge in [0, 0.05) is 31.9 Å². The van der Waals surface area contributed by atoms with E-state index in [2.05, 4.69) is 101 Å². The largest absolute Gasteiger partial charge is 0.256 e. The van der Waals surface area contributed by atoms with Crippen molar-refractivity contribution >= 4 is 31.5 Å². The summed E-state index contributed by atoms with van der Waals surface area (Å²) in [6, 6.07) is 24.5. The molecule has 5 aromatic rings. The van der Waals surface area contributed by atoms with Crippen LogP contribution < -0.4 is 0 Å². The smallest absolute Gasteiger partial charge is 0.0719 e. The number of nitrogens with zero attached hydrogens (tertiary/aromatic N) is 1. The highest BCUT2D eigenvalue weighted by Crippen LogP contribution is 2.44. The lowest BCUT2D eigenvalue weighted by molar-refractivity contribution is 0.589. The lowest BCUT2D eigenvalue weighted by atomic mass is 9.87. The van der Waals surface area contributed by atoms with E-state index >= 15 is 0 Å². The molecule has 0 N–H and O–H groups in total. The third-order valence-electron chi connectivity index (χ3n) is 5.96. The van der Waals surface area contributed by atoms with Gasteiger partial charge in [-0.05, 0) is 54.2 Å². The fourth-order valence-corrected chi connectivity index (χ4v) is 5.72. The van der Waals surface area contributed by atoms with Gasteiger partial charge in [-0.3, -0.25) is 4.98 Å². The first-order valence-electron chi connectivity index (χ1n) is 10.8. The van der Waals surface area contributed by atoms with E-state index < -0.39 is 0 Å². The zero-order valence-electron chi connectivity index (χ0n) is 18.8. The fourth-order valence-electron chi connectivity index (χ4n) is 4.46. The molecule has 0 aliphatic heterocycles. The predicted molar refractivity (Wildman–Crippen MR) is 136 cm³/mol. The van der Waals surface area contributed by atoms with Crippen LogP contribution in [0, 0.1) is 13.8 Å². The minimum Gasteiger partial charge on any atom is -0.256 e. The maximum Gasteiger partial charge on any atom is 0.0719 e. The first-order valence-corrected chi connectivity index (χ1v) is 11.6. The molecular weight excluding hydrogens is 394 g/mol. The second-order valence-electron chi connectivity index (χ2n) is 9.52. The van der Waals surface area contributed by atoms with Gasteiger partial charge in [0.25, 0.3) is 0 Å². The maximum atomic E-state index is 4.75. The number of rotatable bonds is 2. The average Bonchev–Trinajstić information content (AvgIpc) is 3.11. The third kappa shape index (κ3) is 3.55.